The zero-order valence-corrected chi connectivity index (χ0v) is 9.36. The quantitative estimate of drug-likeness (QED) is 0.741. The van der Waals surface area contributed by atoms with Crippen LogP contribution in [0, 0.1) is 12.8 Å². The molecule has 8 heteroatoms. The van der Waals surface area contributed by atoms with Crippen molar-refractivity contribution < 1.29 is 18.3 Å². The minimum absolute atomic E-state index is 0.0300. The Labute approximate surface area is 92.1 Å². The van der Waals surface area contributed by atoms with E-state index in [4.69, 9.17) is 5.11 Å². The monoisotopic (exact) mass is 245 g/mol. The van der Waals surface area contributed by atoms with E-state index < -0.39 is 21.9 Å². The molecule has 1 aliphatic rings. The number of carboxylic acids is 1. The predicted molar refractivity (Wildman–Crippen MR) is 53.2 cm³/mol. The largest absolute Gasteiger partial charge is 0.481 e. The molecule has 2 rings (SSSR count). The number of nitrogens with zero attached hydrogens (tertiary/aromatic N) is 2. The Balaban J connectivity index is 2.18. The lowest BCUT2D eigenvalue weighted by Crippen LogP contribution is -2.52. The van der Waals surface area contributed by atoms with Crippen LogP contribution in [0.4, 0.5) is 0 Å². The SMILES string of the molecule is Cc1[nH]ncc1S(=O)(=O)N1CC(C(=O)O)C1. The van der Waals surface area contributed by atoms with Crippen molar-refractivity contribution in [1.29, 1.82) is 0 Å². The topological polar surface area (TPSA) is 103 Å². The van der Waals surface area contributed by atoms with Crippen molar-refractivity contribution in [3.05, 3.63) is 11.9 Å². The standard InChI is InChI=1S/C8H11N3O4S/c1-5-7(2-9-10-5)16(14,15)11-3-6(4-11)8(12)13/h2,6H,3-4H2,1H3,(H,9,10)(H,12,13). The van der Waals surface area contributed by atoms with Crippen LogP contribution in [0.2, 0.25) is 0 Å². The number of nitrogens with one attached hydrogen (secondary N) is 1. The van der Waals surface area contributed by atoms with Crippen LogP contribution in [0.5, 0.6) is 0 Å². The van der Waals surface area contributed by atoms with E-state index in [0.29, 0.717) is 5.69 Å². The molecule has 1 aliphatic heterocycles. The van der Waals surface area contributed by atoms with Crippen molar-refractivity contribution in [2.45, 2.75) is 11.8 Å². The Kier molecular flexibility index (Phi) is 2.47. The van der Waals surface area contributed by atoms with Gasteiger partial charge in [0.05, 0.1) is 17.8 Å². The van der Waals surface area contributed by atoms with Crippen LogP contribution in [0.15, 0.2) is 11.1 Å². The summed E-state index contributed by atoms with van der Waals surface area (Å²) < 4.78 is 25.0. The van der Waals surface area contributed by atoms with Crippen LogP contribution >= 0.6 is 0 Å². The van der Waals surface area contributed by atoms with Gasteiger partial charge >= 0.3 is 5.97 Å². The smallest absolute Gasteiger partial charge is 0.309 e. The molecule has 1 saturated heterocycles. The molecule has 2 heterocycles. The number of rotatable bonds is 3. The Bertz CT molecular complexity index is 515. The number of aromatic amines is 1. The van der Waals surface area contributed by atoms with E-state index in [2.05, 4.69) is 10.2 Å². The first kappa shape index (κ1) is 11.1. The van der Waals surface area contributed by atoms with Gasteiger partial charge in [0.1, 0.15) is 4.90 Å². The highest BCUT2D eigenvalue weighted by Gasteiger charge is 2.41. The summed E-state index contributed by atoms with van der Waals surface area (Å²) >= 11 is 0. The minimum Gasteiger partial charge on any atom is -0.481 e. The van der Waals surface area contributed by atoms with E-state index in [1.165, 1.54) is 6.20 Å². The number of aryl methyl sites for hydroxylation is 1. The highest BCUT2D eigenvalue weighted by atomic mass is 32.2. The van der Waals surface area contributed by atoms with Gasteiger partial charge in [0, 0.05) is 13.1 Å². The number of H-pyrrole nitrogens is 1. The third-order valence-corrected chi connectivity index (χ3v) is 4.54. The van der Waals surface area contributed by atoms with Gasteiger partial charge in [-0.3, -0.25) is 9.89 Å². The Morgan fingerprint density at radius 2 is 2.25 bits per heavy atom. The van der Waals surface area contributed by atoms with Crippen molar-refractivity contribution in [3.63, 3.8) is 0 Å². The third-order valence-electron chi connectivity index (χ3n) is 2.60. The summed E-state index contributed by atoms with van der Waals surface area (Å²) in [6.45, 7) is 1.67. The number of carbonyl (C=O) groups is 1. The van der Waals surface area contributed by atoms with Crippen molar-refractivity contribution in [1.82, 2.24) is 14.5 Å². The number of hydrogen-bond acceptors (Lipinski definition) is 4. The maximum atomic E-state index is 11.9. The molecule has 1 aromatic rings. The molecule has 0 spiro atoms. The van der Waals surface area contributed by atoms with Gasteiger partial charge in [0.15, 0.2) is 0 Å². The Morgan fingerprint density at radius 3 is 2.69 bits per heavy atom. The normalized spacial score (nSPS) is 18.3. The Hall–Kier alpha value is -1.41. The molecule has 0 aliphatic carbocycles. The average Bonchev–Trinajstić information content (AvgIpc) is 2.47. The third kappa shape index (κ3) is 1.59. The zero-order valence-electron chi connectivity index (χ0n) is 8.54. The van der Waals surface area contributed by atoms with Crippen LogP contribution in [0.25, 0.3) is 0 Å². The number of hydrogen-bond donors (Lipinski definition) is 2. The fourth-order valence-corrected chi connectivity index (χ4v) is 3.18. The molecule has 7 nitrogen and oxygen atoms in total. The molecule has 1 aromatic heterocycles. The van der Waals surface area contributed by atoms with Gasteiger partial charge in [-0.15, -0.1) is 0 Å². The number of aromatic nitrogens is 2. The summed E-state index contributed by atoms with van der Waals surface area (Å²) in [4.78, 5) is 10.7. The maximum Gasteiger partial charge on any atom is 0.309 e. The van der Waals surface area contributed by atoms with Crippen molar-refractivity contribution in [2.24, 2.45) is 5.92 Å². The van der Waals surface area contributed by atoms with Gasteiger partial charge in [0.25, 0.3) is 0 Å². The second-order valence-electron chi connectivity index (χ2n) is 3.72. The van der Waals surface area contributed by atoms with Crippen LogP contribution in [-0.2, 0) is 14.8 Å². The second-order valence-corrected chi connectivity index (χ2v) is 5.62. The van der Waals surface area contributed by atoms with Crippen LogP contribution in [-0.4, -0.2) is 47.1 Å². The number of carboxylic acid groups (broad SMARTS) is 1. The first-order chi connectivity index (χ1) is 7.43. The molecule has 2 N–H and O–H groups in total. The molecule has 0 aromatic carbocycles. The molecule has 0 bridgehead atoms. The fraction of sp³-hybridized carbons (Fsp3) is 0.500. The lowest BCUT2D eigenvalue weighted by atomic mass is 10.0. The molecule has 0 unspecified atom stereocenters. The van der Waals surface area contributed by atoms with Crippen molar-refractivity contribution in [2.75, 3.05) is 13.1 Å². The second kappa shape index (κ2) is 3.56. The van der Waals surface area contributed by atoms with Gasteiger partial charge in [-0.1, -0.05) is 0 Å². The molecular weight excluding hydrogens is 234 g/mol. The summed E-state index contributed by atoms with van der Waals surface area (Å²) in [5, 5.41) is 14.8. The van der Waals surface area contributed by atoms with Crippen LogP contribution in [0.1, 0.15) is 5.69 Å². The molecular formula is C8H11N3O4S. The minimum atomic E-state index is -3.58. The summed E-state index contributed by atoms with van der Waals surface area (Å²) in [5.41, 5.74) is 0.457. The number of sulfonamides is 1. The summed E-state index contributed by atoms with van der Waals surface area (Å²) in [5.74, 6) is -1.56. The average molecular weight is 245 g/mol. The lowest BCUT2D eigenvalue weighted by Gasteiger charge is -2.35. The van der Waals surface area contributed by atoms with Gasteiger partial charge in [-0.2, -0.15) is 9.40 Å². The highest BCUT2D eigenvalue weighted by Crippen LogP contribution is 2.25. The lowest BCUT2D eigenvalue weighted by molar-refractivity contribution is -0.145. The highest BCUT2D eigenvalue weighted by molar-refractivity contribution is 7.89. The van der Waals surface area contributed by atoms with Crippen molar-refractivity contribution in [3.8, 4) is 0 Å². The zero-order chi connectivity index (χ0) is 11.9. The molecule has 16 heavy (non-hydrogen) atoms. The summed E-state index contributed by atoms with van der Waals surface area (Å²) in [6.07, 6.45) is 1.23. The van der Waals surface area contributed by atoms with Crippen LogP contribution in [0.3, 0.4) is 0 Å². The van der Waals surface area contributed by atoms with E-state index in [1.807, 2.05) is 0 Å². The first-order valence-corrected chi connectivity index (χ1v) is 6.10. The summed E-state index contributed by atoms with van der Waals surface area (Å²) in [6, 6.07) is 0. The van der Waals surface area contributed by atoms with Crippen LogP contribution < -0.4 is 0 Å². The van der Waals surface area contributed by atoms with Gasteiger partial charge < -0.3 is 5.11 Å². The number of aliphatic carboxylic acids is 1. The fourth-order valence-electron chi connectivity index (χ4n) is 1.53. The van der Waals surface area contributed by atoms with E-state index in [9.17, 15) is 13.2 Å². The predicted octanol–water partition coefficient (Wildman–Crippen LogP) is -0.577. The van der Waals surface area contributed by atoms with Gasteiger partial charge in [-0.25, -0.2) is 8.42 Å². The van der Waals surface area contributed by atoms with Crippen molar-refractivity contribution >= 4 is 16.0 Å². The first-order valence-electron chi connectivity index (χ1n) is 4.66. The molecule has 88 valence electrons. The van der Waals surface area contributed by atoms with Gasteiger partial charge in [0.2, 0.25) is 10.0 Å². The molecule has 1 fully saturated rings. The Morgan fingerprint density at radius 1 is 1.62 bits per heavy atom. The van der Waals surface area contributed by atoms with Gasteiger partial charge in [-0.05, 0) is 6.92 Å². The molecule has 0 radical (unpaired) electrons. The van der Waals surface area contributed by atoms with E-state index in [0.717, 1.165) is 4.31 Å². The molecule has 0 saturated carbocycles. The van der Waals surface area contributed by atoms with E-state index in [1.54, 1.807) is 6.92 Å². The van der Waals surface area contributed by atoms with E-state index in [-0.39, 0.29) is 18.0 Å². The summed E-state index contributed by atoms with van der Waals surface area (Å²) in [7, 11) is -3.58. The maximum absolute atomic E-state index is 11.9. The molecule has 0 amide bonds. The molecule has 0 atom stereocenters. The van der Waals surface area contributed by atoms with E-state index >= 15 is 0 Å².